The number of nitrogens with two attached hydrogens (primary N) is 1. The van der Waals surface area contributed by atoms with Gasteiger partial charge in [-0.2, -0.15) is 0 Å². The molecule has 4 heterocycles. The molecule has 2 atom stereocenters. The predicted molar refractivity (Wildman–Crippen MR) is 138 cm³/mol. The van der Waals surface area contributed by atoms with Crippen LogP contribution in [0, 0.1) is 0 Å². The van der Waals surface area contributed by atoms with Crippen molar-refractivity contribution < 1.29 is 29.1 Å². The van der Waals surface area contributed by atoms with E-state index in [1.807, 2.05) is 0 Å². The molecule has 1 saturated heterocycles. The summed E-state index contributed by atoms with van der Waals surface area (Å²) in [5.41, 5.74) is 7.03. The van der Waals surface area contributed by atoms with Crippen LogP contribution in [-0.2, 0) is 19.2 Å². The van der Waals surface area contributed by atoms with Crippen LogP contribution in [0.2, 0.25) is 0 Å². The summed E-state index contributed by atoms with van der Waals surface area (Å²) in [6, 6.07) is 6.03. The molecule has 3 aliphatic heterocycles. The van der Waals surface area contributed by atoms with Gasteiger partial charge in [0, 0.05) is 11.1 Å². The summed E-state index contributed by atoms with van der Waals surface area (Å²) in [4.78, 5) is 61.0. The number of hydrogen-bond donors (Lipinski definition) is 4. The van der Waals surface area contributed by atoms with E-state index in [1.54, 1.807) is 24.3 Å². The third-order valence-corrected chi connectivity index (χ3v) is 8.52. The summed E-state index contributed by atoms with van der Waals surface area (Å²) < 4.78 is 4.48. The van der Waals surface area contributed by atoms with Crippen molar-refractivity contribution in [3.8, 4) is 0 Å². The zero-order valence-corrected chi connectivity index (χ0v) is 21.5. The lowest BCUT2D eigenvalue weighted by Crippen LogP contribution is -2.71. The van der Waals surface area contributed by atoms with Crippen molar-refractivity contribution in [3.05, 3.63) is 52.2 Å². The number of nitrogens with zero attached hydrogens (tertiary/aromatic N) is 4. The SMILES string of the molecule is CON=C(C(=O)N[C@@H]1C(=O)N2C(C(=O)O)=C(CN3SNc4ccccc4C3=O)CS[C@H]12)c1csc(N)n1. The summed E-state index contributed by atoms with van der Waals surface area (Å²) in [6.45, 7) is 0.00286. The van der Waals surface area contributed by atoms with Gasteiger partial charge in [-0.1, -0.05) is 17.3 Å². The standard InChI is InChI=1S/C21H19N7O6S3/c1-34-25-13(12-8-36-21(22)23-12)16(29)24-14-18(31)28-15(20(32)33)9(7-35-19(14)28)6-27-17(30)10-4-2-3-5-11(10)26-37-27/h2-5,8,14,19,26H,6-7H2,1H3,(H2,22,23)(H,24,29)(H,32,33)/t14-,19-/m1/s1. The molecule has 3 amide bonds. The molecule has 0 radical (unpaired) electrons. The van der Waals surface area contributed by atoms with Crippen LogP contribution in [0.4, 0.5) is 10.8 Å². The first-order chi connectivity index (χ1) is 17.8. The van der Waals surface area contributed by atoms with Gasteiger partial charge in [-0.25, -0.2) is 9.78 Å². The lowest BCUT2D eigenvalue weighted by Gasteiger charge is -2.49. The van der Waals surface area contributed by atoms with Crippen LogP contribution in [-0.4, -0.2) is 79.5 Å². The van der Waals surface area contributed by atoms with Crippen molar-refractivity contribution in [1.82, 2.24) is 19.5 Å². The monoisotopic (exact) mass is 561 g/mol. The van der Waals surface area contributed by atoms with E-state index >= 15 is 0 Å². The number of nitrogen functional groups attached to an aromatic ring is 1. The Kier molecular flexibility index (Phi) is 6.70. The highest BCUT2D eigenvalue weighted by Crippen LogP contribution is 2.41. The number of fused-ring (bicyclic) bond motifs is 2. The first-order valence-corrected chi connectivity index (χ1v) is 13.4. The number of nitrogens with one attached hydrogen (secondary N) is 2. The number of anilines is 2. The fourth-order valence-electron chi connectivity index (χ4n) is 4.02. The molecule has 1 aromatic carbocycles. The molecule has 0 saturated carbocycles. The summed E-state index contributed by atoms with van der Waals surface area (Å²) in [5.74, 6) is -2.61. The molecule has 3 aliphatic rings. The van der Waals surface area contributed by atoms with E-state index in [2.05, 4.69) is 20.2 Å². The Morgan fingerprint density at radius 1 is 1.35 bits per heavy atom. The number of thioether (sulfide) groups is 1. The second-order valence-corrected chi connectivity index (χ2v) is 10.7. The molecule has 13 nitrogen and oxygen atoms in total. The van der Waals surface area contributed by atoms with Gasteiger partial charge in [-0.15, -0.1) is 23.1 Å². The predicted octanol–water partition coefficient (Wildman–Crippen LogP) is 0.945. The number of amides is 3. The number of hydrogen-bond acceptors (Lipinski definition) is 12. The zero-order chi connectivity index (χ0) is 26.3. The number of rotatable bonds is 7. The minimum atomic E-state index is -1.29. The van der Waals surface area contributed by atoms with Gasteiger partial charge in [0.2, 0.25) is 0 Å². The molecule has 1 aromatic heterocycles. The van der Waals surface area contributed by atoms with Crippen molar-refractivity contribution in [2.75, 3.05) is 29.9 Å². The molecule has 5 rings (SSSR count). The molecule has 5 N–H and O–H groups in total. The number of carbonyl (C=O) groups is 4. The second-order valence-electron chi connectivity index (χ2n) is 7.89. The van der Waals surface area contributed by atoms with Gasteiger partial charge in [-0.05, 0) is 17.7 Å². The molecular weight excluding hydrogens is 542 g/mol. The van der Waals surface area contributed by atoms with Crippen molar-refractivity contribution in [2.45, 2.75) is 11.4 Å². The minimum Gasteiger partial charge on any atom is -0.477 e. The molecule has 0 aliphatic carbocycles. The number of carbonyl (C=O) groups excluding carboxylic acids is 3. The van der Waals surface area contributed by atoms with Gasteiger partial charge < -0.3 is 25.7 Å². The van der Waals surface area contributed by atoms with Gasteiger partial charge in [0.25, 0.3) is 17.7 Å². The third-order valence-electron chi connectivity index (χ3n) is 5.68. The molecule has 192 valence electrons. The Morgan fingerprint density at radius 2 is 2.14 bits per heavy atom. The molecule has 16 heteroatoms. The van der Waals surface area contributed by atoms with E-state index in [-0.39, 0.29) is 40.4 Å². The smallest absolute Gasteiger partial charge is 0.352 e. The van der Waals surface area contributed by atoms with E-state index in [4.69, 9.17) is 10.6 Å². The molecule has 0 spiro atoms. The minimum absolute atomic E-state index is 0.00286. The number of carboxylic acid groups (broad SMARTS) is 1. The first kappa shape index (κ1) is 24.9. The zero-order valence-electron chi connectivity index (χ0n) is 19.0. The van der Waals surface area contributed by atoms with Gasteiger partial charge in [0.05, 0.1) is 29.9 Å². The van der Waals surface area contributed by atoms with E-state index in [0.717, 1.165) is 28.4 Å². The lowest BCUT2D eigenvalue weighted by atomic mass is 10.0. The number of aliphatic carboxylic acids is 1. The highest BCUT2D eigenvalue weighted by molar-refractivity contribution is 8.00. The van der Waals surface area contributed by atoms with Crippen LogP contribution in [0.3, 0.4) is 0 Å². The highest BCUT2D eigenvalue weighted by atomic mass is 32.2. The number of para-hydroxylation sites is 1. The number of thiazole rings is 1. The number of benzene rings is 1. The maximum Gasteiger partial charge on any atom is 0.352 e. The second kappa shape index (κ2) is 9.95. The van der Waals surface area contributed by atoms with E-state index in [1.165, 1.54) is 28.6 Å². The number of aromatic nitrogens is 1. The molecule has 1 fully saturated rings. The number of β-lactam (4-membered cyclic amide) rings is 1. The Morgan fingerprint density at radius 3 is 2.84 bits per heavy atom. The van der Waals surface area contributed by atoms with Crippen LogP contribution in [0.25, 0.3) is 0 Å². The molecule has 0 unspecified atom stereocenters. The van der Waals surface area contributed by atoms with Crippen LogP contribution in [0.1, 0.15) is 16.1 Å². The number of carboxylic acids is 1. The summed E-state index contributed by atoms with van der Waals surface area (Å²) in [6.07, 6.45) is 0. The maximum atomic E-state index is 13.0. The van der Waals surface area contributed by atoms with Gasteiger partial charge in [0.1, 0.15) is 29.9 Å². The lowest BCUT2D eigenvalue weighted by molar-refractivity contribution is -0.150. The Labute approximate surface area is 222 Å². The third kappa shape index (κ3) is 4.47. The van der Waals surface area contributed by atoms with Crippen LogP contribution >= 0.6 is 35.2 Å². The molecular formula is C21H19N7O6S3. The van der Waals surface area contributed by atoms with E-state index in [9.17, 15) is 24.3 Å². The summed E-state index contributed by atoms with van der Waals surface area (Å²) >= 11 is 3.46. The van der Waals surface area contributed by atoms with Crippen LogP contribution < -0.4 is 15.8 Å². The Balaban J connectivity index is 1.33. The van der Waals surface area contributed by atoms with E-state index in [0.29, 0.717) is 16.8 Å². The quantitative estimate of drug-likeness (QED) is 0.164. The fourth-order valence-corrected chi connectivity index (χ4v) is 6.69. The first-order valence-electron chi connectivity index (χ1n) is 10.7. The normalized spacial score (nSPS) is 21.1. The highest BCUT2D eigenvalue weighted by Gasteiger charge is 2.54. The van der Waals surface area contributed by atoms with Crippen molar-refractivity contribution in [2.24, 2.45) is 5.16 Å². The van der Waals surface area contributed by atoms with Crippen LogP contribution in [0.15, 0.2) is 46.1 Å². The molecule has 0 bridgehead atoms. The van der Waals surface area contributed by atoms with Crippen molar-refractivity contribution in [3.63, 3.8) is 0 Å². The molecule has 37 heavy (non-hydrogen) atoms. The van der Waals surface area contributed by atoms with Crippen LogP contribution in [0.5, 0.6) is 0 Å². The van der Waals surface area contributed by atoms with Crippen molar-refractivity contribution in [1.29, 1.82) is 0 Å². The average molecular weight is 562 g/mol. The van der Waals surface area contributed by atoms with Gasteiger partial charge in [0.15, 0.2) is 10.8 Å². The topological polar surface area (TPSA) is 180 Å². The Bertz CT molecular complexity index is 1380. The van der Waals surface area contributed by atoms with Crippen molar-refractivity contribution >= 4 is 75.5 Å². The van der Waals surface area contributed by atoms with E-state index < -0.39 is 29.2 Å². The fraction of sp³-hybridized carbons (Fsp3) is 0.238. The van der Waals surface area contributed by atoms with Gasteiger partial charge in [-0.3, -0.25) is 23.6 Å². The largest absolute Gasteiger partial charge is 0.477 e. The van der Waals surface area contributed by atoms with Gasteiger partial charge >= 0.3 is 5.97 Å². The average Bonchev–Trinajstić information content (AvgIpc) is 3.32. The molecule has 2 aromatic rings. The summed E-state index contributed by atoms with van der Waals surface area (Å²) in [7, 11) is 1.27. The number of oxime groups is 1. The maximum absolute atomic E-state index is 13.0. The summed E-state index contributed by atoms with van der Waals surface area (Å²) in [5, 5.41) is 17.4. The Hall–Kier alpha value is -3.76.